The van der Waals surface area contributed by atoms with Crippen LogP contribution < -0.4 is 10.5 Å². The molecule has 0 amide bonds. The van der Waals surface area contributed by atoms with Crippen LogP contribution in [0.1, 0.15) is 12.0 Å². The molecule has 5 nitrogen and oxygen atoms in total. The van der Waals surface area contributed by atoms with E-state index in [0.717, 1.165) is 5.56 Å². The van der Waals surface area contributed by atoms with Crippen LogP contribution in [-0.4, -0.2) is 39.0 Å². The molecule has 108 valence electrons. The molecule has 2 rings (SSSR count). The molecule has 19 heavy (non-hydrogen) atoms. The second kappa shape index (κ2) is 6.09. The summed E-state index contributed by atoms with van der Waals surface area (Å²) >= 11 is 0. The van der Waals surface area contributed by atoms with E-state index >= 15 is 0 Å². The molecule has 1 atom stereocenters. The minimum absolute atomic E-state index is 0. The summed E-state index contributed by atoms with van der Waals surface area (Å²) in [6.45, 7) is 2.72. The van der Waals surface area contributed by atoms with Crippen LogP contribution in [0.15, 0.2) is 23.1 Å². The van der Waals surface area contributed by atoms with E-state index in [1.807, 2.05) is 6.92 Å². The number of hydrogen-bond acceptors (Lipinski definition) is 4. The summed E-state index contributed by atoms with van der Waals surface area (Å²) in [5.74, 6) is 0.687. The van der Waals surface area contributed by atoms with Crippen molar-refractivity contribution in [2.75, 3.05) is 20.2 Å². The quantitative estimate of drug-likeness (QED) is 0.909. The van der Waals surface area contributed by atoms with Crippen LogP contribution in [0.4, 0.5) is 0 Å². The zero-order valence-electron chi connectivity index (χ0n) is 11.0. The molecule has 1 fully saturated rings. The number of halogens is 1. The Hall–Kier alpha value is -0.820. The van der Waals surface area contributed by atoms with E-state index in [1.165, 1.54) is 4.31 Å². The van der Waals surface area contributed by atoms with Gasteiger partial charge in [0.1, 0.15) is 5.75 Å². The standard InChI is InChI=1S/C12H18N2O3S.ClH/c1-9-7-11(3-4-12(9)17-2)18(15,16)14-6-5-10(13)8-14;/h3-4,7,10H,5-6,8,13H2,1-2H3;1H/t10-;/m1./s1. The highest BCUT2D eigenvalue weighted by Crippen LogP contribution is 2.25. The first-order chi connectivity index (χ1) is 8.45. The average molecular weight is 307 g/mol. The highest BCUT2D eigenvalue weighted by atomic mass is 35.5. The molecule has 0 unspecified atom stereocenters. The van der Waals surface area contributed by atoms with Gasteiger partial charge in [0.05, 0.1) is 12.0 Å². The molecule has 0 saturated carbocycles. The zero-order valence-corrected chi connectivity index (χ0v) is 12.6. The van der Waals surface area contributed by atoms with Gasteiger partial charge in [-0.15, -0.1) is 12.4 Å². The van der Waals surface area contributed by atoms with E-state index in [9.17, 15) is 8.42 Å². The second-order valence-electron chi connectivity index (χ2n) is 4.54. The highest BCUT2D eigenvalue weighted by molar-refractivity contribution is 7.89. The predicted octanol–water partition coefficient (Wildman–Crippen LogP) is 1.15. The van der Waals surface area contributed by atoms with Gasteiger partial charge in [-0.25, -0.2) is 8.42 Å². The first kappa shape index (κ1) is 16.2. The molecule has 0 spiro atoms. The lowest BCUT2D eigenvalue weighted by Gasteiger charge is -2.16. The van der Waals surface area contributed by atoms with Crippen molar-refractivity contribution in [1.29, 1.82) is 0 Å². The third-order valence-electron chi connectivity index (χ3n) is 3.19. The Balaban J connectivity index is 0.00000180. The topological polar surface area (TPSA) is 72.6 Å². The number of nitrogens with zero attached hydrogens (tertiary/aromatic N) is 1. The molecule has 7 heteroatoms. The lowest BCUT2D eigenvalue weighted by atomic mass is 10.2. The van der Waals surface area contributed by atoms with E-state index < -0.39 is 10.0 Å². The highest BCUT2D eigenvalue weighted by Gasteiger charge is 2.31. The second-order valence-corrected chi connectivity index (χ2v) is 6.48. The van der Waals surface area contributed by atoms with Gasteiger partial charge >= 0.3 is 0 Å². The Morgan fingerprint density at radius 1 is 1.42 bits per heavy atom. The fourth-order valence-corrected chi connectivity index (χ4v) is 3.73. The maximum absolute atomic E-state index is 12.4. The summed E-state index contributed by atoms with van der Waals surface area (Å²) in [5.41, 5.74) is 6.56. The van der Waals surface area contributed by atoms with Crippen LogP contribution in [0.3, 0.4) is 0 Å². The van der Waals surface area contributed by atoms with Crippen molar-refractivity contribution in [3.8, 4) is 5.75 Å². The molecular weight excluding hydrogens is 288 g/mol. The summed E-state index contributed by atoms with van der Waals surface area (Å²) in [6.07, 6.45) is 0.717. The van der Waals surface area contributed by atoms with Gasteiger partial charge < -0.3 is 10.5 Å². The number of rotatable bonds is 3. The lowest BCUT2D eigenvalue weighted by Crippen LogP contribution is -2.32. The number of nitrogens with two attached hydrogens (primary N) is 1. The average Bonchev–Trinajstić information content (AvgIpc) is 2.76. The minimum atomic E-state index is -3.42. The molecule has 1 aromatic rings. The Morgan fingerprint density at radius 2 is 2.11 bits per heavy atom. The van der Waals surface area contributed by atoms with Crippen LogP contribution in [-0.2, 0) is 10.0 Å². The molecule has 1 heterocycles. The van der Waals surface area contributed by atoms with Crippen molar-refractivity contribution in [3.05, 3.63) is 23.8 Å². The smallest absolute Gasteiger partial charge is 0.243 e. The fourth-order valence-electron chi connectivity index (χ4n) is 2.13. The third kappa shape index (κ3) is 3.20. The number of aryl methyl sites for hydroxylation is 1. The van der Waals surface area contributed by atoms with E-state index in [-0.39, 0.29) is 18.4 Å². The van der Waals surface area contributed by atoms with E-state index in [1.54, 1.807) is 25.3 Å². The van der Waals surface area contributed by atoms with E-state index in [2.05, 4.69) is 0 Å². The van der Waals surface area contributed by atoms with Gasteiger partial charge in [0, 0.05) is 19.1 Å². The normalized spacial score (nSPS) is 20.1. The van der Waals surface area contributed by atoms with Crippen LogP contribution >= 0.6 is 12.4 Å². The Morgan fingerprint density at radius 3 is 2.58 bits per heavy atom. The fraction of sp³-hybridized carbons (Fsp3) is 0.500. The molecule has 0 aromatic heterocycles. The number of hydrogen-bond donors (Lipinski definition) is 1. The summed E-state index contributed by atoms with van der Waals surface area (Å²) in [4.78, 5) is 0.301. The van der Waals surface area contributed by atoms with Crippen LogP contribution in [0.2, 0.25) is 0 Å². The van der Waals surface area contributed by atoms with E-state index in [4.69, 9.17) is 10.5 Å². The van der Waals surface area contributed by atoms with Crippen LogP contribution in [0.25, 0.3) is 0 Å². The van der Waals surface area contributed by atoms with Crippen molar-refractivity contribution < 1.29 is 13.2 Å². The maximum atomic E-state index is 12.4. The van der Waals surface area contributed by atoms with Gasteiger partial charge in [0.25, 0.3) is 0 Å². The van der Waals surface area contributed by atoms with Crippen LogP contribution in [0.5, 0.6) is 5.75 Å². The van der Waals surface area contributed by atoms with Gasteiger partial charge in [0.2, 0.25) is 10.0 Å². The molecular formula is C12H19ClN2O3S. The first-order valence-electron chi connectivity index (χ1n) is 5.85. The van der Waals surface area contributed by atoms with Crippen molar-refractivity contribution in [2.24, 2.45) is 5.73 Å². The third-order valence-corrected chi connectivity index (χ3v) is 5.05. The zero-order chi connectivity index (χ0) is 13.3. The summed E-state index contributed by atoms with van der Waals surface area (Å²) in [6, 6.07) is 4.83. The predicted molar refractivity (Wildman–Crippen MR) is 76.3 cm³/mol. The van der Waals surface area contributed by atoms with Crippen molar-refractivity contribution in [1.82, 2.24) is 4.31 Å². The minimum Gasteiger partial charge on any atom is -0.496 e. The molecule has 1 aromatic carbocycles. The summed E-state index contributed by atoms with van der Waals surface area (Å²) in [5, 5.41) is 0. The summed E-state index contributed by atoms with van der Waals surface area (Å²) < 4.78 is 31.3. The molecule has 0 radical (unpaired) electrons. The molecule has 0 aliphatic carbocycles. The van der Waals surface area contributed by atoms with Crippen molar-refractivity contribution in [3.63, 3.8) is 0 Å². The Bertz CT molecular complexity index is 548. The summed E-state index contributed by atoms with van der Waals surface area (Å²) in [7, 11) is -1.86. The van der Waals surface area contributed by atoms with Gasteiger partial charge in [-0.1, -0.05) is 0 Å². The van der Waals surface area contributed by atoms with Crippen LogP contribution in [0, 0.1) is 6.92 Å². The maximum Gasteiger partial charge on any atom is 0.243 e. The monoisotopic (exact) mass is 306 g/mol. The van der Waals surface area contributed by atoms with E-state index in [0.29, 0.717) is 30.2 Å². The molecule has 2 N–H and O–H groups in total. The van der Waals surface area contributed by atoms with Crippen molar-refractivity contribution in [2.45, 2.75) is 24.3 Å². The number of methoxy groups -OCH3 is 1. The van der Waals surface area contributed by atoms with Gasteiger partial charge in [-0.2, -0.15) is 4.31 Å². The Kier molecular flexibility index (Phi) is 5.20. The first-order valence-corrected chi connectivity index (χ1v) is 7.29. The number of sulfonamides is 1. The Labute approximate surface area is 120 Å². The molecule has 1 aliphatic heterocycles. The SMILES string of the molecule is COc1ccc(S(=O)(=O)N2CC[C@@H](N)C2)cc1C.Cl. The number of benzene rings is 1. The molecule has 1 aliphatic rings. The van der Waals surface area contributed by atoms with Crippen molar-refractivity contribution >= 4 is 22.4 Å². The number of ether oxygens (including phenoxy) is 1. The largest absolute Gasteiger partial charge is 0.496 e. The van der Waals surface area contributed by atoms with Gasteiger partial charge in [0.15, 0.2) is 0 Å². The van der Waals surface area contributed by atoms with Gasteiger partial charge in [-0.3, -0.25) is 0 Å². The molecule has 1 saturated heterocycles. The lowest BCUT2D eigenvalue weighted by molar-refractivity contribution is 0.411. The molecule has 0 bridgehead atoms. The van der Waals surface area contributed by atoms with Gasteiger partial charge in [-0.05, 0) is 37.1 Å².